The van der Waals surface area contributed by atoms with E-state index in [0.717, 1.165) is 18.7 Å². The van der Waals surface area contributed by atoms with Crippen LogP contribution < -0.4 is 5.32 Å². The predicted octanol–water partition coefficient (Wildman–Crippen LogP) is 2.78. The summed E-state index contributed by atoms with van der Waals surface area (Å²) >= 11 is 0. The van der Waals surface area contributed by atoms with Crippen molar-refractivity contribution in [1.82, 2.24) is 15.1 Å². The second-order valence-corrected chi connectivity index (χ2v) is 5.38. The van der Waals surface area contributed by atoms with E-state index in [9.17, 15) is 0 Å². The summed E-state index contributed by atoms with van der Waals surface area (Å²) in [4.78, 5) is 0. The molecule has 1 aromatic heterocycles. The minimum absolute atomic E-state index is 0.538. The first-order chi connectivity index (χ1) is 7.93. The van der Waals surface area contributed by atoms with Gasteiger partial charge in [0, 0.05) is 24.3 Å². The molecule has 0 bridgehead atoms. The molecular weight excluding hydrogens is 210 g/mol. The Morgan fingerprint density at radius 1 is 1.29 bits per heavy atom. The molecule has 0 aliphatic heterocycles. The molecule has 0 aliphatic rings. The molecule has 98 valence electrons. The Hall–Kier alpha value is -0.830. The number of aryl methyl sites for hydroxylation is 2. The van der Waals surface area contributed by atoms with Crippen molar-refractivity contribution in [3.63, 3.8) is 0 Å². The van der Waals surface area contributed by atoms with E-state index in [1.54, 1.807) is 0 Å². The van der Waals surface area contributed by atoms with Crippen LogP contribution in [0, 0.1) is 12.8 Å². The molecule has 0 saturated heterocycles. The van der Waals surface area contributed by atoms with Crippen LogP contribution in [0.3, 0.4) is 0 Å². The molecule has 1 rings (SSSR count). The molecule has 0 saturated carbocycles. The zero-order valence-electron chi connectivity index (χ0n) is 12.1. The first-order valence-electron chi connectivity index (χ1n) is 6.73. The smallest absolute Gasteiger partial charge is 0.0596 e. The van der Waals surface area contributed by atoms with Gasteiger partial charge in [-0.05, 0) is 39.2 Å². The van der Waals surface area contributed by atoms with Crippen LogP contribution in [0.2, 0.25) is 0 Å². The Kier molecular flexibility index (Phi) is 5.19. The van der Waals surface area contributed by atoms with Gasteiger partial charge in [0.05, 0.1) is 5.69 Å². The van der Waals surface area contributed by atoms with Crippen molar-refractivity contribution in [2.45, 2.75) is 66.6 Å². The second kappa shape index (κ2) is 6.20. The number of hydrogen-bond donors (Lipinski definition) is 1. The lowest BCUT2D eigenvalue weighted by molar-refractivity contribution is 0.365. The van der Waals surface area contributed by atoms with E-state index < -0.39 is 0 Å². The van der Waals surface area contributed by atoms with Gasteiger partial charge in [-0.15, -0.1) is 0 Å². The first kappa shape index (κ1) is 14.2. The molecular formula is C14H27N3. The zero-order valence-corrected chi connectivity index (χ0v) is 12.1. The fraction of sp³-hybridized carbons (Fsp3) is 0.786. The lowest BCUT2D eigenvalue weighted by atomic mass is 9.97. The van der Waals surface area contributed by atoms with Crippen molar-refractivity contribution < 1.29 is 0 Å². The van der Waals surface area contributed by atoms with Crippen molar-refractivity contribution in [2.75, 3.05) is 0 Å². The van der Waals surface area contributed by atoms with Crippen LogP contribution in [0.1, 0.15) is 46.0 Å². The Labute approximate surface area is 106 Å². The highest BCUT2D eigenvalue weighted by Crippen LogP contribution is 2.14. The SMILES string of the molecule is CCn1nc(C)cc1CC(C)C(C)NC(C)C. The van der Waals surface area contributed by atoms with Gasteiger partial charge in [-0.2, -0.15) is 5.10 Å². The van der Waals surface area contributed by atoms with Crippen LogP contribution in [0.15, 0.2) is 6.07 Å². The summed E-state index contributed by atoms with van der Waals surface area (Å²) in [6.45, 7) is 14.1. The molecule has 3 nitrogen and oxygen atoms in total. The fourth-order valence-electron chi connectivity index (χ4n) is 2.23. The highest BCUT2D eigenvalue weighted by Gasteiger charge is 2.15. The van der Waals surface area contributed by atoms with E-state index in [0.29, 0.717) is 18.0 Å². The maximum absolute atomic E-state index is 4.50. The maximum atomic E-state index is 4.50. The van der Waals surface area contributed by atoms with E-state index in [4.69, 9.17) is 0 Å². The molecule has 17 heavy (non-hydrogen) atoms. The predicted molar refractivity (Wildman–Crippen MR) is 73.2 cm³/mol. The molecule has 1 heterocycles. The molecule has 1 N–H and O–H groups in total. The fourth-order valence-corrected chi connectivity index (χ4v) is 2.23. The molecule has 2 atom stereocenters. The van der Waals surface area contributed by atoms with Gasteiger partial charge < -0.3 is 5.32 Å². The molecule has 0 radical (unpaired) electrons. The van der Waals surface area contributed by atoms with Crippen LogP contribution >= 0.6 is 0 Å². The number of rotatable bonds is 6. The highest BCUT2D eigenvalue weighted by atomic mass is 15.3. The largest absolute Gasteiger partial charge is 0.312 e. The molecule has 0 aromatic carbocycles. The van der Waals surface area contributed by atoms with Crippen LogP contribution in [0.4, 0.5) is 0 Å². The van der Waals surface area contributed by atoms with Gasteiger partial charge in [-0.1, -0.05) is 20.8 Å². The molecule has 0 aliphatic carbocycles. The van der Waals surface area contributed by atoms with E-state index >= 15 is 0 Å². The Morgan fingerprint density at radius 3 is 2.47 bits per heavy atom. The maximum Gasteiger partial charge on any atom is 0.0596 e. The summed E-state index contributed by atoms with van der Waals surface area (Å²) in [5.74, 6) is 0.624. The topological polar surface area (TPSA) is 29.9 Å². The van der Waals surface area contributed by atoms with Crippen LogP contribution in [0.25, 0.3) is 0 Å². The Balaban J connectivity index is 2.63. The Morgan fingerprint density at radius 2 is 1.94 bits per heavy atom. The van der Waals surface area contributed by atoms with E-state index in [-0.39, 0.29) is 0 Å². The average Bonchev–Trinajstić information content (AvgIpc) is 2.57. The van der Waals surface area contributed by atoms with Gasteiger partial charge in [0.15, 0.2) is 0 Å². The van der Waals surface area contributed by atoms with Gasteiger partial charge in [0.25, 0.3) is 0 Å². The summed E-state index contributed by atoms with van der Waals surface area (Å²) < 4.78 is 2.12. The van der Waals surface area contributed by atoms with Crippen molar-refractivity contribution in [3.05, 3.63) is 17.5 Å². The molecule has 0 fully saturated rings. The second-order valence-electron chi connectivity index (χ2n) is 5.38. The molecule has 0 amide bonds. The number of nitrogens with zero attached hydrogens (tertiary/aromatic N) is 2. The van der Waals surface area contributed by atoms with Crippen molar-refractivity contribution in [3.8, 4) is 0 Å². The van der Waals surface area contributed by atoms with Gasteiger partial charge >= 0.3 is 0 Å². The summed E-state index contributed by atoms with van der Waals surface area (Å²) in [6, 6.07) is 3.29. The first-order valence-corrected chi connectivity index (χ1v) is 6.73. The van der Waals surface area contributed by atoms with E-state index in [2.05, 4.69) is 62.7 Å². The highest BCUT2D eigenvalue weighted by molar-refractivity contribution is 5.10. The quantitative estimate of drug-likeness (QED) is 0.824. The molecule has 2 unspecified atom stereocenters. The van der Waals surface area contributed by atoms with E-state index in [1.165, 1.54) is 5.69 Å². The van der Waals surface area contributed by atoms with Gasteiger partial charge in [-0.25, -0.2) is 0 Å². The third-order valence-corrected chi connectivity index (χ3v) is 3.27. The zero-order chi connectivity index (χ0) is 13.0. The van der Waals surface area contributed by atoms with Crippen molar-refractivity contribution in [1.29, 1.82) is 0 Å². The third-order valence-electron chi connectivity index (χ3n) is 3.27. The molecule has 3 heteroatoms. The number of aromatic nitrogens is 2. The summed E-state index contributed by atoms with van der Waals surface area (Å²) in [7, 11) is 0. The Bertz CT molecular complexity index is 341. The van der Waals surface area contributed by atoms with Gasteiger partial charge in [0.1, 0.15) is 0 Å². The van der Waals surface area contributed by atoms with Gasteiger partial charge in [0.2, 0.25) is 0 Å². The third kappa shape index (κ3) is 4.15. The number of hydrogen-bond acceptors (Lipinski definition) is 2. The van der Waals surface area contributed by atoms with Gasteiger partial charge in [-0.3, -0.25) is 4.68 Å². The summed E-state index contributed by atoms with van der Waals surface area (Å²) in [5.41, 5.74) is 2.48. The van der Waals surface area contributed by atoms with E-state index in [1.807, 2.05) is 0 Å². The minimum atomic E-state index is 0.538. The standard InChI is InChI=1S/C14H27N3/c1-7-17-14(9-12(5)16-17)8-11(4)13(6)15-10(2)3/h9-11,13,15H,7-8H2,1-6H3. The molecule has 1 aromatic rings. The lowest BCUT2D eigenvalue weighted by Crippen LogP contribution is -2.38. The van der Waals surface area contributed by atoms with Crippen molar-refractivity contribution in [2.24, 2.45) is 5.92 Å². The lowest BCUT2D eigenvalue weighted by Gasteiger charge is -2.23. The van der Waals surface area contributed by atoms with Crippen LogP contribution in [0.5, 0.6) is 0 Å². The monoisotopic (exact) mass is 237 g/mol. The van der Waals surface area contributed by atoms with Crippen LogP contribution in [-0.2, 0) is 13.0 Å². The average molecular weight is 237 g/mol. The van der Waals surface area contributed by atoms with Crippen molar-refractivity contribution >= 4 is 0 Å². The number of nitrogens with one attached hydrogen (secondary N) is 1. The summed E-state index contributed by atoms with van der Waals surface area (Å²) in [5, 5.41) is 8.08. The minimum Gasteiger partial charge on any atom is -0.312 e. The summed E-state index contributed by atoms with van der Waals surface area (Å²) in [6.07, 6.45) is 1.09. The van der Waals surface area contributed by atoms with Crippen LogP contribution in [-0.4, -0.2) is 21.9 Å². The molecule has 0 spiro atoms. The normalized spacial score (nSPS) is 15.2.